The number of likely N-dealkylation sites (N-methyl/N-ethyl adjacent to an activating group) is 1. The van der Waals surface area contributed by atoms with Gasteiger partial charge in [-0.1, -0.05) is 0 Å². The van der Waals surface area contributed by atoms with Crippen molar-refractivity contribution in [2.75, 3.05) is 41.7 Å². The van der Waals surface area contributed by atoms with Crippen molar-refractivity contribution >= 4 is 10.9 Å². The predicted molar refractivity (Wildman–Crippen MR) is 107 cm³/mol. The van der Waals surface area contributed by atoms with Crippen molar-refractivity contribution in [1.82, 2.24) is 9.64 Å². The quantitative estimate of drug-likeness (QED) is 0.644. The Morgan fingerprint density at radius 2 is 1.87 bits per heavy atom. The van der Waals surface area contributed by atoms with Gasteiger partial charge in [-0.25, -0.2) is 4.79 Å². The van der Waals surface area contributed by atoms with Gasteiger partial charge in [0.2, 0.25) is 12.5 Å². The molecule has 0 N–H and O–H groups in total. The van der Waals surface area contributed by atoms with E-state index in [0.29, 0.717) is 39.7 Å². The number of nitrogens with zero attached hydrogens (tertiary/aromatic N) is 2. The number of benzene rings is 2. The van der Waals surface area contributed by atoms with E-state index in [4.69, 9.17) is 28.2 Å². The number of hydrogen-bond acceptors (Lipinski definition) is 8. The minimum atomic E-state index is -0.499. The summed E-state index contributed by atoms with van der Waals surface area (Å²) >= 11 is 0. The average molecular weight is 414 g/mol. The van der Waals surface area contributed by atoms with Gasteiger partial charge in [0, 0.05) is 12.1 Å². The summed E-state index contributed by atoms with van der Waals surface area (Å²) in [6.45, 7) is 0.907. The topological polar surface area (TPSA) is 84.5 Å². The molecule has 1 aromatic heterocycles. The van der Waals surface area contributed by atoms with Crippen LogP contribution in [0.3, 0.4) is 0 Å². The average Bonchev–Trinajstić information content (AvgIpc) is 3.35. The van der Waals surface area contributed by atoms with Gasteiger partial charge in [0.15, 0.2) is 23.0 Å². The largest absolute Gasteiger partial charge is 0.493 e. The van der Waals surface area contributed by atoms with Gasteiger partial charge in [0.05, 0.1) is 26.8 Å². The lowest BCUT2D eigenvalue weighted by molar-refractivity contribution is 0.103. The van der Waals surface area contributed by atoms with Crippen molar-refractivity contribution < 1.29 is 28.2 Å². The second kappa shape index (κ2) is 6.88. The molecule has 0 radical (unpaired) electrons. The van der Waals surface area contributed by atoms with Crippen LogP contribution in [-0.2, 0) is 6.42 Å². The van der Waals surface area contributed by atoms with Gasteiger partial charge in [0.25, 0.3) is 0 Å². The van der Waals surface area contributed by atoms with Crippen molar-refractivity contribution in [3.8, 4) is 28.7 Å². The zero-order chi connectivity index (χ0) is 21.0. The maximum atomic E-state index is 12.8. The third-order valence-corrected chi connectivity index (χ3v) is 5.73. The van der Waals surface area contributed by atoms with Crippen LogP contribution in [0.1, 0.15) is 17.3 Å². The molecule has 2 aromatic carbocycles. The van der Waals surface area contributed by atoms with Gasteiger partial charge >= 0.3 is 5.63 Å². The summed E-state index contributed by atoms with van der Waals surface area (Å²) in [5.74, 6) is 2.63. The first kappa shape index (κ1) is 18.7. The normalized spacial score (nSPS) is 17.8. The van der Waals surface area contributed by atoms with Crippen LogP contribution < -0.4 is 29.3 Å². The van der Waals surface area contributed by atoms with Gasteiger partial charge in [-0.3, -0.25) is 4.90 Å². The Labute approximate surface area is 172 Å². The lowest BCUT2D eigenvalue weighted by atomic mass is 9.95. The number of ether oxygens (including phenoxy) is 5. The highest BCUT2D eigenvalue weighted by Crippen LogP contribution is 2.50. The Morgan fingerprint density at radius 1 is 1.07 bits per heavy atom. The van der Waals surface area contributed by atoms with E-state index in [2.05, 4.69) is 4.90 Å². The maximum absolute atomic E-state index is 12.8. The Balaban J connectivity index is 1.79. The number of aromatic nitrogens is 1. The molecule has 5 rings (SSSR count). The molecule has 0 saturated carbocycles. The van der Waals surface area contributed by atoms with Crippen LogP contribution in [0.25, 0.3) is 10.9 Å². The van der Waals surface area contributed by atoms with Crippen LogP contribution >= 0.6 is 0 Å². The van der Waals surface area contributed by atoms with Crippen molar-refractivity contribution in [3.05, 3.63) is 39.7 Å². The second-order valence-electron chi connectivity index (χ2n) is 7.22. The molecule has 9 heteroatoms. The Hall–Kier alpha value is -3.33. The monoisotopic (exact) mass is 414 g/mol. The molecular formula is C21H22N2O7. The Bertz CT molecular complexity index is 1200. The van der Waals surface area contributed by atoms with Gasteiger partial charge in [-0.15, -0.1) is 0 Å². The summed E-state index contributed by atoms with van der Waals surface area (Å²) in [7, 11) is 6.60. The van der Waals surface area contributed by atoms with Gasteiger partial charge < -0.3 is 28.2 Å². The third-order valence-electron chi connectivity index (χ3n) is 5.73. The van der Waals surface area contributed by atoms with E-state index in [1.54, 1.807) is 24.0 Å². The van der Waals surface area contributed by atoms with E-state index in [0.717, 1.165) is 24.1 Å². The van der Waals surface area contributed by atoms with Gasteiger partial charge in [-0.2, -0.15) is 4.74 Å². The van der Waals surface area contributed by atoms with Crippen LogP contribution in [0, 0.1) is 0 Å². The van der Waals surface area contributed by atoms with E-state index >= 15 is 0 Å². The summed E-state index contributed by atoms with van der Waals surface area (Å²) in [5, 5.41) is 0.331. The first-order chi connectivity index (χ1) is 14.6. The highest BCUT2D eigenvalue weighted by molar-refractivity contribution is 5.87. The van der Waals surface area contributed by atoms with Crippen molar-refractivity contribution in [3.63, 3.8) is 0 Å². The highest BCUT2D eigenvalue weighted by atomic mass is 16.7. The fourth-order valence-corrected chi connectivity index (χ4v) is 4.37. The molecular weight excluding hydrogens is 392 g/mol. The highest BCUT2D eigenvalue weighted by Gasteiger charge is 2.37. The molecule has 2 aliphatic heterocycles. The van der Waals surface area contributed by atoms with Crippen molar-refractivity contribution in [1.29, 1.82) is 0 Å². The van der Waals surface area contributed by atoms with Gasteiger partial charge in [0.1, 0.15) is 11.6 Å². The summed E-state index contributed by atoms with van der Waals surface area (Å²) < 4.78 is 35.1. The standard InChI is InChI=1S/C21H22N2O7/c1-22-8-7-11-9-14-18(29-10-28-14)19(27-4)15(11)20(22)23-12-5-6-13(25-2)17(26-3)16(12)21(24)30-23/h5-6,9,20H,7-8,10H2,1-4H3/t20-/m0/s1. The fourth-order valence-electron chi connectivity index (χ4n) is 4.37. The molecule has 0 amide bonds. The van der Waals surface area contributed by atoms with E-state index in [1.165, 1.54) is 14.2 Å². The van der Waals surface area contributed by atoms with Crippen LogP contribution in [0.15, 0.2) is 27.5 Å². The van der Waals surface area contributed by atoms with Crippen molar-refractivity contribution in [2.24, 2.45) is 0 Å². The molecule has 30 heavy (non-hydrogen) atoms. The number of methoxy groups -OCH3 is 3. The zero-order valence-corrected chi connectivity index (χ0v) is 17.2. The minimum Gasteiger partial charge on any atom is -0.493 e. The molecule has 0 spiro atoms. The number of fused-ring (bicyclic) bond motifs is 3. The molecule has 9 nitrogen and oxygen atoms in total. The molecule has 3 aromatic rings. The molecule has 0 bridgehead atoms. The van der Waals surface area contributed by atoms with E-state index in [1.807, 2.05) is 13.1 Å². The lowest BCUT2D eigenvalue weighted by Gasteiger charge is -2.35. The molecule has 0 unspecified atom stereocenters. The first-order valence-electron chi connectivity index (χ1n) is 9.55. The zero-order valence-electron chi connectivity index (χ0n) is 17.2. The van der Waals surface area contributed by atoms with E-state index < -0.39 is 11.8 Å². The molecule has 0 aliphatic carbocycles. The van der Waals surface area contributed by atoms with Crippen LogP contribution in [0.5, 0.6) is 28.7 Å². The summed E-state index contributed by atoms with van der Waals surface area (Å²) in [6, 6.07) is 5.53. The van der Waals surface area contributed by atoms with Crippen molar-refractivity contribution in [2.45, 2.75) is 12.6 Å². The fraction of sp³-hybridized carbons (Fsp3) is 0.381. The second-order valence-corrected chi connectivity index (χ2v) is 7.22. The van der Waals surface area contributed by atoms with E-state index in [9.17, 15) is 4.79 Å². The Kier molecular flexibility index (Phi) is 4.28. The minimum absolute atomic E-state index is 0.146. The smallest absolute Gasteiger partial charge is 0.369 e. The Morgan fingerprint density at radius 3 is 2.60 bits per heavy atom. The molecule has 2 aliphatic rings. The summed E-state index contributed by atoms with van der Waals surface area (Å²) in [5.41, 5.74) is 2.04. The maximum Gasteiger partial charge on any atom is 0.369 e. The van der Waals surface area contributed by atoms with Gasteiger partial charge in [-0.05, 0) is 37.2 Å². The number of hydrogen-bond donors (Lipinski definition) is 0. The summed E-state index contributed by atoms with van der Waals surface area (Å²) in [6.07, 6.45) is 0.386. The van der Waals surface area contributed by atoms with E-state index in [-0.39, 0.29) is 6.79 Å². The predicted octanol–water partition coefficient (Wildman–Crippen LogP) is 2.38. The molecule has 0 fully saturated rings. The lowest BCUT2D eigenvalue weighted by Crippen LogP contribution is -2.36. The van der Waals surface area contributed by atoms with Crippen LogP contribution in [0.2, 0.25) is 0 Å². The first-order valence-corrected chi connectivity index (χ1v) is 9.55. The van der Waals surface area contributed by atoms with Crippen LogP contribution in [0.4, 0.5) is 0 Å². The molecule has 3 heterocycles. The molecule has 0 saturated heterocycles. The van der Waals surface area contributed by atoms with Crippen LogP contribution in [-0.4, -0.2) is 51.4 Å². The summed E-state index contributed by atoms with van der Waals surface area (Å²) in [4.78, 5) is 14.9. The number of rotatable bonds is 4. The third kappa shape index (κ3) is 2.48. The SMILES string of the molecule is COc1ccc2c(c1OC)c(=O)on2[C@H]1c2c(cc3c(c2OC)OCO3)CCN1C. The molecule has 158 valence electrons. The molecule has 1 atom stereocenters.